The fourth-order valence-corrected chi connectivity index (χ4v) is 7.36. The molecule has 3 heterocycles. The second kappa shape index (κ2) is 8.53. The van der Waals surface area contributed by atoms with Crippen LogP contribution in [0.5, 0.6) is 0 Å². The van der Waals surface area contributed by atoms with Crippen LogP contribution in [0.1, 0.15) is 18.9 Å². The van der Waals surface area contributed by atoms with E-state index in [2.05, 4.69) is 10.3 Å². The third-order valence-corrected chi connectivity index (χ3v) is 9.02. The molecule has 0 amide bonds. The molecule has 182 valence electrons. The Bertz CT molecular complexity index is 1330. The first-order valence-electron chi connectivity index (χ1n) is 11.0. The van der Waals surface area contributed by atoms with Crippen molar-refractivity contribution < 1.29 is 22.0 Å². The lowest BCUT2D eigenvalue weighted by Crippen LogP contribution is -2.50. The lowest BCUT2D eigenvalue weighted by Gasteiger charge is -2.36. The molecule has 2 aromatic carbocycles. The van der Waals surface area contributed by atoms with Gasteiger partial charge < -0.3 is 10.2 Å². The Morgan fingerprint density at radius 2 is 1.91 bits per heavy atom. The number of anilines is 1. The zero-order valence-corrected chi connectivity index (χ0v) is 19.2. The minimum Gasteiger partial charge on any atom is -0.351 e. The average Bonchev–Trinajstić information content (AvgIpc) is 2.97. The minimum atomic E-state index is -4.65. The highest BCUT2D eigenvalue weighted by Gasteiger charge is 2.35. The molecule has 1 fully saturated rings. The quantitative estimate of drug-likeness (QED) is 0.409. The van der Waals surface area contributed by atoms with Gasteiger partial charge in [-0.15, -0.1) is 0 Å². The predicted octanol–water partition coefficient (Wildman–Crippen LogP) is 4.31. The predicted molar refractivity (Wildman–Crippen MR) is 122 cm³/mol. The normalized spacial score (nSPS) is 22.1. The third-order valence-electron chi connectivity index (χ3n) is 6.39. The molecular formula is C23H23F5N4OS. The van der Waals surface area contributed by atoms with Crippen molar-refractivity contribution >= 4 is 27.6 Å². The van der Waals surface area contributed by atoms with Crippen molar-refractivity contribution in [2.45, 2.75) is 41.9 Å². The van der Waals surface area contributed by atoms with Gasteiger partial charge in [0, 0.05) is 53.5 Å². The van der Waals surface area contributed by atoms with Crippen LogP contribution in [0.3, 0.4) is 0 Å². The zero-order chi connectivity index (χ0) is 24.2. The number of hydrogen-bond donors (Lipinski definition) is 2. The first-order valence-corrected chi connectivity index (χ1v) is 12.5. The van der Waals surface area contributed by atoms with Gasteiger partial charge in [-0.25, -0.2) is 13.6 Å². The van der Waals surface area contributed by atoms with Crippen molar-refractivity contribution in [3.63, 3.8) is 0 Å². The van der Waals surface area contributed by atoms with Crippen LogP contribution in [0.2, 0.25) is 0 Å². The molecule has 5 nitrogen and oxygen atoms in total. The van der Waals surface area contributed by atoms with Gasteiger partial charge in [0.15, 0.2) is 0 Å². The molecule has 1 saturated heterocycles. The second-order valence-corrected chi connectivity index (χ2v) is 10.9. The third kappa shape index (κ3) is 3.94. The van der Waals surface area contributed by atoms with Crippen LogP contribution in [-0.2, 0) is 12.7 Å². The fraction of sp³-hybridized carbons (Fsp3) is 0.391. The van der Waals surface area contributed by atoms with Crippen LogP contribution in [-0.4, -0.2) is 41.0 Å². The molecule has 1 unspecified atom stereocenters. The van der Waals surface area contributed by atoms with E-state index in [-0.39, 0.29) is 33.6 Å². The Morgan fingerprint density at radius 3 is 2.62 bits per heavy atom. The number of thiol groups is 1. The van der Waals surface area contributed by atoms with Gasteiger partial charge in [-0.3, -0.25) is 4.57 Å². The van der Waals surface area contributed by atoms with Gasteiger partial charge in [0.05, 0.1) is 11.1 Å². The molecule has 11 heteroatoms. The molecule has 2 aliphatic heterocycles. The van der Waals surface area contributed by atoms with Crippen molar-refractivity contribution in [2.75, 3.05) is 30.3 Å². The topological polar surface area (TPSA) is 50.2 Å². The molecule has 2 aliphatic rings. The summed E-state index contributed by atoms with van der Waals surface area (Å²) < 4.78 is 71.9. The minimum absolute atomic E-state index is 0.0844. The highest BCUT2D eigenvalue weighted by Crippen LogP contribution is 2.52. The Balaban J connectivity index is 1.85. The van der Waals surface area contributed by atoms with Crippen molar-refractivity contribution in [3.8, 4) is 0 Å². The molecule has 0 radical (unpaired) electrons. The molecule has 0 bridgehead atoms. The van der Waals surface area contributed by atoms with Crippen LogP contribution in [0.4, 0.5) is 27.8 Å². The first kappa shape index (κ1) is 23.1. The van der Waals surface area contributed by atoms with Gasteiger partial charge in [-0.2, -0.15) is 29.1 Å². The molecule has 5 rings (SSSR count). The summed E-state index contributed by atoms with van der Waals surface area (Å²) >= 11 is 0. The molecule has 0 aliphatic carbocycles. The van der Waals surface area contributed by atoms with Gasteiger partial charge in [0.1, 0.15) is 17.5 Å². The standard InChI is InChI=1S/C23H23F5N4OS/c1-13-12-29-5-7-31(13)21-16-9-14(23(26,27)28)10-19-20(16)32(22(33)30-21)6-2-8-34(19)18-4-3-15(24)11-17(18)25/h3-4,9-11,13,29,34H,2,5-8,12H2,1H3/t13-/m0/s1. The number of nitrogens with zero attached hydrogens (tertiary/aromatic N) is 3. The van der Waals surface area contributed by atoms with Crippen LogP contribution in [0.25, 0.3) is 10.9 Å². The SMILES string of the molecule is C[C@H]1CNCCN1c1nc(=O)n2c3c(cc(C(F)(F)F)cc13)[SH](c1ccc(F)cc1F)CCC2. The van der Waals surface area contributed by atoms with Crippen molar-refractivity contribution in [1.82, 2.24) is 14.9 Å². The Kier molecular flexibility index (Phi) is 5.79. The lowest BCUT2D eigenvalue weighted by molar-refractivity contribution is -0.137. The number of hydrogen-bond acceptors (Lipinski definition) is 4. The van der Waals surface area contributed by atoms with E-state index in [1.807, 2.05) is 11.8 Å². The molecule has 0 spiro atoms. The Labute approximate surface area is 194 Å². The molecule has 3 aromatic rings. The van der Waals surface area contributed by atoms with Crippen LogP contribution >= 0.6 is 10.9 Å². The molecule has 0 saturated carbocycles. The molecule has 2 atom stereocenters. The van der Waals surface area contributed by atoms with Gasteiger partial charge in [-0.05, 0) is 43.4 Å². The summed E-state index contributed by atoms with van der Waals surface area (Å²) in [5.74, 6) is -0.961. The fourth-order valence-electron chi connectivity index (χ4n) is 4.79. The second-order valence-electron chi connectivity index (χ2n) is 8.61. The van der Waals surface area contributed by atoms with E-state index in [0.717, 1.165) is 24.3 Å². The molecular weight excluding hydrogens is 475 g/mol. The van der Waals surface area contributed by atoms with Crippen LogP contribution in [0.15, 0.2) is 44.9 Å². The van der Waals surface area contributed by atoms with Crippen LogP contribution < -0.4 is 15.9 Å². The highest BCUT2D eigenvalue weighted by molar-refractivity contribution is 8.17. The van der Waals surface area contributed by atoms with Crippen molar-refractivity contribution in [1.29, 1.82) is 0 Å². The zero-order valence-electron chi connectivity index (χ0n) is 18.3. The summed E-state index contributed by atoms with van der Waals surface area (Å²) in [5.41, 5.74) is -1.05. The van der Waals surface area contributed by atoms with Gasteiger partial charge in [-0.1, -0.05) is 0 Å². The summed E-state index contributed by atoms with van der Waals surface area (Å²) in [6.45, 7) is 3.87. The van der Waals surface area contributed by atoms with E-state index >= 15 is 0 Å². The highest BCUT2D eigenvalue weighted by atomic mass is 32.2. The van der Waals surface area contributed by atoms with Gasteiger partial charge >= 0.3 is 11.9 Å². The largest absolute Gasteiger partial charge is 0.416 e. The summed E-state index contributed by atoms with van der Waals surface area (Å²) in [5, 5.41) is 3.46. The van der Waals surface area contributed by atoms with Gasteiger partial charge in [0.2, 0.25) is 0 Å². The van der Waals surface area contributed by atoms with Crippen molar-refractivity contribution in [3.05, 3.63) is 58.0 Å². The average molecular weight is 499 g/mol. The molecule has 1 aromatic heterocycles. The maximum atomic E-state index is 14.8. The smallest absolute Gasteiger partial charge is 0.351 e. The number of piperazine rings is 1. The number of aromatic nitrogens is 2. The number of rotatable bonds is 2. The maximum Gasteiger partial charge on any atom is 0.416 e. The van der Waals surface area contributed by atoms with E-state index in [1.165, 1.54) is 10.6 Å². The maximum absolute atomic E-state index is 14.8. The van der Waals surface area contributed by atoms with E-state index in [9.17, 15) is 26.7 Å². The van der Waals surface area contributed by atoms with Crippen molar-refractivity contribution in [2.24, 2.45) is 0 Å². The van der Waals surface area contributed by atoms with Gasteiger partial charge in [0.25, 0.3) is 0 Å². The molecule has 34 heavy (non-hydrogen) atoms. The summed E-state index contributed by atoms with van der Waals surface area (Å²) in [6.07, 6.45) is -4.19. The first-order chi connectivity index (χ1) is 16.1. The molecule has 1 N–H and O–H groups in total. The monoisotopic (exact) mass is 498 g/mol. The number of nitrogens with one attached hydrogen (secondary N) is 1. The summed E-state index contributed by atoms with van der Waals surface area (Å²) in [4.78, 5) is 19.6. The number of benzene rings is 2. The summed E-state index contributed by atoms with van der Waals surface area (Å²) in [6, 6.07) is 5.16. The van der Waals surface area contributed by atoms with E-state index in [0.29, 0.717) is 37.3 Å². The van der Waals surface area contributed by atoms with E-state index < -0.39 is 40.0 Å². The Morgan fingerprint density at radius 1 is 1.12 bits per heavy atom. The lowest BCUT2D eigenvalue weighted by atomic mass is 10.1. The summed E-state index contributed by atoms with van der Waals surface area (Å²) in [7, 11) is -1.61. The number of aryl methyl sites for hydroxylation is 1. The number of alkyl halides is 3. The van der Waals surface area contributed by atoms with Crippen LogP contribution in [0, 0.1) is 11.6 Å². The van der Waals surface area contributed by atoms with E-state index in [4.69, 9.17) is 0 Å². The van der Waals surface area contributed by atoms with E-state index in [1.54, 1.807) is 0 Å². The Hall–Kier alpha value is -2.66. The number of halogens is 5.